The number of aliphatic imine (C=N–C) groups is 1. The molecule has 1 heterocycles. The predicted octanol–water partition coefficient (Wildman–Crippen LogP) is 2.12. The highest BCUT2D eigenvalue weighted by Gasteiger charge is 2.16. The van der Waals surface area contributed by atoms with Crippen molar-refractivity contribution >= 4 is 17.6 Å². The fourth-order valence-electron chi connectivity index (χ4n) is 1.87. The summed E-state index contributed by atoms with van der Waals surface area (Å²) >= 11 is 0. The van der Waals surface area contributed by atoms with Gasteiger partial charge in [0.2, 0.25) is 0 Å². The summed E-state index contributed by atoms with van der Waals surface area (Å²) in [7, 11) is 0. The Morgan fingerprint density at radius 2 is 2.33 bits per heavy atom. The Labute approximate surface area is 105 Å². The minimum Gasteiger partial charge on any atom is -0.398 e. The standard InChI is InChI=1S/C12H15N3O3/c13-10-4-3-5-11(15(16)17)9(10)8-14-12-6-1-2-7-18-12/h3-5,8,12H,1-2,6-7,13H2. The third kappa shape index (κ3) is 2.84. The molecule has 0 aliphatic carbocycles. The smallest absolute Gasteiger partial charge is 0.280 e. The molecule has 6 heteroatoms. The van der Waals surface area contributed by atoms with Crippen molar-refractivity contribution in [2.24, 2.45) is 4.99 Å². The van der Waals surface area contributed by atoms with Crippen molar-refractivity contribution < 1.29 is 9.66 Å². The van der Waals surface area contributed by atoms with Gasteiger partial charge in [-0.2, -0.15) is 0 Å². The van der Waals surface area contributed by atoms with Gasteiger partial charge in [0.05, 0.1) is 10.5 Å². The molecule has 0 spiro atoms. The summed E-state index contributed by atoms with van der Waals surface area (Å²) in [4.78, 5) is 14.6. The summed E-state index contributed by atoms with van der Waals surface area (Å²) in [5, 5.41) is 10.9. The van der Waals surface area contributed by atoms with Crippen LogP contribution in [-0.2, 0) is 4.74 Å². The Morgan fingerprint density at radius 3 is 3.00 bits per heavy atom. The van der Waals surface area contributed by atoms with Crippen molar-refractivity contribution in [3.63, 3.8) is 0 Å². The number of nitro groups is 1. The fraction of sp³-hybridized carbons (Fsp3) is 0.417. The van der Waals surface area contributed by atoms with Crippen molar-refractivity contribution in [3.8, 4) is 0 Å². The first-order chi connectivity index (χ1) is 8.68. The number of anilines is 1. The molecule has 0 radical (unpaired) electrons. The maximum absolute atomic E-state index is 10.9. The second-order valence-corrected chi connectivity index (χ2v) is 4.14. The summed E-state index contributed by atoms with van der Waals surface area (Å²) < 4.78 is 5.43. The molecule has 18 heavy (non-hydrogen) atoms. The largest absolute Gasteiger partial charge is 0.398 e. The molecule has 1 fully saturated rings. The zero-order valence-corrected chi connectivity index (χ0v) is 9.91. The highest BCUT2D eigenvalue weighted by molar-refractivity contribution is 5.92. The first-order valence-corrected chi connectivity index (χ1v) is 5.86. The Morgan fingerprint density at radius 1 is 1.50 bits per heavy atom. The lowest BCUT2D eigenvalue weighted by Crippen LogP contribution is -2.17. The molecule has 0 aromatic heterocycles. The van der Waals surface area contributed by atoms with E-state index in [1.54, 1.807) is 12.1 Å². The zero-order valence-electron chi connectivity index (χ0n) is 9.91. The van der Waals surface area contributed by atoms with Crippen LogP contribution in [0.1, 0.15) is 24.8 Å². The van der Waals surface area contributed by atoms with E-state index in [1.807, 2.05) is 0 Å². The molecule has 1 saturated heterocycles. The number of ether oxygens (including phenoxy) is 1. The quantitative estimate of drug-likeness (QED) is 0.384. The van der Waals surface area contributed by atoms with Crippen molar-refractivity contribution in [3.05, 3.63) is 33.9 Å². The van der Waals surface area contributed by atoms with Crippen molar-refractivity contribution in [1.82, 2.24) is 0 Å². The second kappa shape index (κ2) is 5.59. The molecule has 1 aromatic rings. The Balaban J connectivity index is 2.21. The molecule has 2 rings (SSSR count). The lowest BCUT2D eigenvalue weighted by atomic mass is 10.1. The Bertz CT molecular complexity index is 468. The molecule has 0 amide bonds. The van der Waals surface area contributed by atoms with Gasteiger partial charge in [-0.1, -0.05) is 6.07 Å². The van der Waals surface area contributed by atoms with E-state index in [2.05, 4.69) is 4.99 Å². The number of hydrogen-bond donors (Lipinski definition) is 1. The molecule has 1 aromatic carbocycles. The molecule has 1 aliphatic heterocycles. The molecular weight excluding hydrogens is 234 g/mol. The van der Waals surface area contributed by atoms with Crippen molar-refractivity contribution in [1.29, 1.82) is 0 Å². The predicted molar refractivity (Wildman–Crippen MR) is 68.7 cm³/mol. The number of nitrogens with two attached hydrogens (primary N) is 1. The third-order valence-electron chi connectivity index (χ3n) is 2.84. The number of nitrogens with zero attached hydrogens (tertiary/aromatic N) is 2. The number of nitro benzene ring substituents is 1. The minimum atomic E-state index is -0.459. The van der Waals surface area contributed by atoms with Crippen LogP contribution in [0, 0.1) is 10.1 Å². The van der Waals surface area contributed by atoms with Gasteiger partial charge in [-0.3, -0.25) is 15.1 Å². The van der Waals surface area contributed by atoms with Gasteiger partial charge in [-0.15, -0.1) is 0 Å². The Kier molecular flexibility index (Phi) is 3.88. The normalized spacial score (nSPS) is 20.1. The van der Waals surface area contributed by atoms with Gasteiger partial charge in [-0.05, 0) is 25.3 Å². The van der Waals surface area contributed by atoms with E-state index in [9.17, 15) is 10.1 Å². The van der Waals surface area contributed by atoms with E-state index in [1.165, 1.54) is 12.3 Å². The van der Waals surface area contributed by atoms with Gasteiger partial charge < -0.3 is 10.5 Å². The van der Waals surface area contributed by atoms with Crippen molar-refractivity contribution in [2.45, 2.75) is 25.5 Å². The molecule has 6 nitrogen and oxygen atoms in total. The van der Waals surface area contributed by atoms with Crippen LogP contribution in [0.4, 0.5) is 11.4 Å². The molecule has 1 unspecified atom stereocenters. The second-order valence-electron chi connectivity index (χ2n) is 4.14. The van der Waals surface area contributed by atoms with E-state index < -0.39 is 4.92 Å². The van der Waals surface area contributed by atoms with Crippen molar-refractivity contribution in [2.75, 3.05) is 12.3 Å². The zero-order chi connectivity index (χ0) is 13.0. The monoisotopic (exact) mass is 249 g/mol. The summed E-state index contributed by atoms with van der Waals surface area (Å²) in [6.45, 7) is 0.689. The van der Waals surface area contributed by atoms with Gasteiger partial charge in [-0.25, -0.2) is 0 Å². The highest BCUT2D eigenvalue weighted by Crippen LogP contribution is 2.23. The molecule has 0 saturated carbocycles. The van der Waals surface area contributed by atoms with Crippen LogP contribution in [-0.4, -0.2) is 24.0 Å². The van der Waals surface area contributed by atoms with Gasteiger partial charge in [0.25, 0.3) is 5.69 Å². The van der Waals surface area contributed by atoms with Crippen LogP contribution in [0.3, 0.4) is 0 Å². The summed E-state index contributed by atoms with van der Waals surface area (Å²) in [6, 6.07) is 4.59. The van der Waals surface area contributed by atoms with Crippen LogP contribution in [0.5, 0.6) is 0 Å². The van der Waals surface area contributed by atoms with E-state index in [-0.39, 0.29) is 11.9 Å². The molecule has 96 valence electrons. The molecule has 0 bridgehead atoms. The van der Waals surface area contributed by atoms with Crippen LogP contribution in [0.15, 0.2) is 23.2 Å². The average molecular weight is 249 g/mol. The molecule has 1 atom stereocenters. The first-order valence-electron chi connectivity index (χ1n) is 5.86. The van der Waals surface area contributed by atoms with Crippen LogP contribution >= 0.6 is 0 Å². The lowest BCUT2D eigenvalue weighted by molar-refractivity contribution is -0.384. The number of rotatable bonds is 3. The van der Waals surface area contributed by atoms with E-state index in [0.29, 0.717) is 17.9 Å². The number of benzene rings is 1. The van der Waals surface area contributed by atoms with Gasteiger partial charge in [0.15, 0.2) is 0 Å². The van der Waals surface area contributed by atoms with E-state index in [0.717, 1.165) is 19.3 Å². The van der Waals surface area contributed by atoms with E-state index >= 15 is 0 Å². The van der Waals surface area contributed by atoms with Gasteiger partial charge in [0, 0.05) is 24.6 Å². The molecular formula is C12H15N3O3. The fourth-order valence-corrected chi connectivity index (χ4v) is 1.87. The lowest BCUT2D eigenvalue weighted by Gasteiger charge is -2.18. The first kappa shape index (κ1) is 12.5. The summed E-state index contributed by atoms with van der Waals surface area (Å²) in [6.07, 6.45) is 4.19. The Hall–Kier alpha value is -1.95. The topological polar surface area (TPSA) is 90.8 Å². The summed E-state index contributed by atoms with van der Waals surface area (Å²) in [5.74, 6) is 0. The van der Waals surface area contributed by atoms with Gasteiger partial charge in [0.1, 0.15) is 6.23 Å². The van der Waals surface area contributed by atoms with Crippen LogP contribution < -0.4 is 5.73 Å². The number of nitrogen functional groups attached to an aromatic ring is 1. The number of hydrogen-bond acceptors (Lipinski definition) is 5. The molecule has 1 aliphatic rings. The highest BCUT2D eigenvalue weighted by atomic mass is 16.6. The van der Waals surface area contributed by atoms with Gasteiger partial charge >= 0.3 is 0 Å². The maximum Gasteiger partial charge on any atom is 0.280 e. The van der Waals surface area contributed by atoms with E-state index in [4.69, 9.17) is 10.5 Å². The van der Waals surface area contributed by atoms with Crippen LogP contribution in [0.2, 0.25) is 0 Å². The SMILES string of the molecule is Nc1cccc([N+](=O)[O-])c1C=NC1CCCCO1. The molecule has 2 N–H and O–H groups in total. The van der Waals surface area contributed by atoms with Crippen LogP contribution in [0.25, 0.3) is 0 Å². The maximum atomic E-state index is 10.9. The third-order valence-corrected chi connectivity index (χ3v) is 2.84. The minimum absolute atomic E-state index is 0.0328. The average Bonchev–Trinajstić information content (AvgIpc) is 2.38. The summed E-state index contributed by atoms with van der Waals surface area (Å²) in [5.41, 5.74) is 6.40.